The molecule has 2 aromatic rings. The average molecular weight is 410 g/mol. The van der Waals surface area contributed by atoms with Gasteiger partial charge in [0.15, 0.2) is 11.6 Å². The predicted octanol–water partition coefficient (Wildman–Crippen LogP) is 3.55. The van der Waals surface area contributed by atoms with Crippen LogP contribution >= 0.6 is 11.8 Å². The molecular formula is C20H21F3N2O2S. The van der Waals surface area contributed by atoms with Crippen molar-refractivity contribution in [3.8, 4) is 5.75 Å². The quantitative estimate of drug-likeness (QED) is 0.682. The summed E-state index contributed by atoms with van der Waals surface area (Å²) in [5.74, 6) is -1.29. The van der Waals surface area contributed by atoms with E-state index in [4.69, 9.17) is 4.74 Å². The zero-order chi connectivity index (χ0) is 20.1. The minimum absolute atomic E-state index is 0.0596. The molecule has 0 unspecified atom stereocenters. The molecule has 0 N–H and O–H groups in total. The van der Waals surface area contributed by atoms with Crippen LogP contribution in [0.5, 0.6) is 5.75 Å². The molecule has 0 radical (unpaired) electrons. The first-order chi connectivity index (χ1) is 13.5. The average Bonchev–Trinajstić information content (AvgIpc) is 2.69. The van der Waals surface area contributed by atoms with Crippen LogP contribution in [-0.2, 0) is 11.3 Å². The highest BCUT2D eigenvalue weighted by atomic mass is 32.2. The number of ether oxygens (including phenoxy) is 1. The van der Waals surface area contributed by atoms with Crippen LogP contribution < -0.4 is 4.74 Å². The first-order valence-corrected chi connectivity index (χ1v) is 9.85. The lowest BCUT2D eigenvalue weighted by molar-refractivity contribution is -0.130. The van der Waals surface area contributed by atoms with Crippen LogP contribution in [0.4, 0.5) is 13.2 Å². The zero-order valence-corrected chi connectivity index (χ0v) is 16.3. The van der Waals surface area contributed by atoms with Crippen molar-refractivity contribution in [3.05, 3.63) is 59.4 Å². The third kappa shape index (κ3) is 5.20. The minimum atomic E-state index is -0.532. The number of thioether (sulfide) groups is 1. The molecule has 4 nitrogen and oxygen atoms in total. The molecule has 1 aliphatic rings. The topological polar surface area (TPSA) is 32.8 Å². The van der Waals surface area contributed by atoms with Gasteiger partial charge in [-0.15, -0.1) is 11.8 Å². The lowest BCUT2D eigenvalue weighted by atomic mass is 10.2. The molecule has 1 aliphatic heterocycles. The van der Waals surface area contributed by atoms with Crippen molar-refractivity contribution < 1.29 is 22.7 Å². The van der Waals surface area contributed by atoms with Crippen LogP contribution in [0.3, 0.4) is 0 Å². The monoisotopic (exact) mass is 410 g/mol. The van der Waals surface area contributed by atoms with E-state index in [2.05, 4.69) is 4.90 Å². The van der Waals surface area contributed by atoms with E-state index in [1.807, 2.05) is 6.07 Å². The number of hydrogen-bond acceptors (Lipinski definition) is 4. The summed E-state index contributed by atoms with van der Waals surface area (Å²) in [7, 11) is 1.43. The SMILES string of the molecule is COc1ccc(CN2CCN(C(=O)CSc3cc(F)ccc3F)CC2)cc1F. The molecule has 3 rings (SSSR count). The number of piperazine rings is 1. The summed E-state index contributed by atoms with van der Waals surface area (Å²) >= 11 is 0.998. The Morgan fingerprint density at radius 1 is 1.04 bits per heavy atom. The molecule has 0 saturated carbocycles. The smallest absolute Gasteiger partial charge is 0.233 e. The molecule has 0 atom stereocenters. The van der Waals surface area contributed by atoms with Gasteiger partial charge in [-0.2, -0.15) is 0 Å². The number of hydrogen-bond donors (Lipinski definition) is 0. The standard InChI is InChI=1S/C20H21F3N2O2S/c1-27-18-5-2-14(10-17(18)23)12-24-6-8-25(9-7-24)20(26)13-28-19-11-15(21)3-4-16(19)22/h2-5,10-11H,6-9,12-13H2,1H3. The predicted molar refractivity (Wildman–Crippen MR) is 102 cm³/mol. The summed E-state index contributed by atoms with van der Waals surface area (Å²) in [6, 6.07) is 8.09. The van der Waals surface area contributed by atoms with E-state index in [9.17, 15) is 18.0 Å². The van der Waals surface area contributed by atoms with Crippen molar-refractivity contribution in [1.29, 1.82) is 0 Å². The molecule has 0 aromatic heterocycles. The Labute approximate surface area is 166 Å². The Morgan fingerprint density at radius 2 is 1.79 bits per heavy atom. The minimum Gasteiger partial charge on any atom is -0.494 e. The first-order valence-electron chi connectivity index (χ1n) is 8.86. The van der Waals surface area contributed by atoms with E-state index in [1.165, 1.54) is 13.2 Å². The summed E-state index contributed by atoms with van der Waals surface area (Å²) in [4.78, 5) is 16.3. The summed E-state index contributed by atoms with van der Waals surface area (Å²) in [6.07, 6.45) is 0. The number of amides is 1. The van der Waals surface area contributed by atoms with Gasteiger partial charge in [-0.25, -0.2) is 13.2 Å². The normalized spacial score (nSPS) is 14.9. The highest BCUT2D eigenvalue weighted by Gasteiger charge is 2.22. The Morgan fingerprint density at radius 3 is 2.46 bits per heavy atom. The van der Waals surface area contributed by atoms with E-state index in [0.717, 1.165) is 35.5 Å². The number of carbonyl (C=O) groups excluding carboxylic acids is 1. The van der Waals surface area contributed by atoms with Crippen LogP contribution in [0.15, 0.2) is 41.3 Å². The van der Waals surface area contributed by atoms with Gasteiger partial charge in [0.25, 0.3) is 0 Å². The first kappa shape index (κ1) is 20.5. The Kier molecular flexibility index (Phi) is 6.85. The van der Waals surface area contributed by atoms with E-state index in [1.54, 1.807) is 11.0 Å². The fourth-order valence-electron chi connectivity index (χ4n) is 3.04. The van der Waals surface area contributed by atoms with Gasteiger partial charge in [0.1, 0.15) is 11.6 Å². The molecule has 0 aliphatic carbocycles. The van der Waals surface area contributed by atoms with Crippen LogP contribution in [0.1, 0.15) is 5.56 Å². The van der Waals surface area contributed by atoms with Crippen LogP contribution in [0, 0.1) is 17.5 Å². The third-order valence-corrected chi connectivity index (χ3v) is 5.61. The van der Waals surface area contributed by atoms with E-state index in [0.29, 0.717) is 32.7 Å². The number of rotatable bonds is 6. The second-order valence-corrected chi connectivity index (χ2v) is 7.51. The van der Waals surface area contributed by atoms with Crippen molar-refractivity contribution in [2.24, 2.45) is 0 Å². The summed E-state index contributed by atoms with van der Waals surface area (Å²) in [6.45, 7) is 3.01. The molecule has 0 bridgehead atoms. The number of carbonyl (C=O) groups is 1. The van der Waals surface area contributed by atoms with Crippen molar-refractivity contribution >= 4 is 17.7 Å². The van der Waals surface area contributed by atoms with E-state index < -0.39 is 17.5 Å². The van der Waals surface area contributed by atoms with Gasteiger partial charge >= 0.3 is 0 Å². The highest BCUT2D eigenvalue weighted by Crippen LogP contribution is 2.23. The van der Waals surface area contributed by atoms with Gasteiger partial charge in [0.2, 0.25) is 5.91 Å². The van der Waals surface area contributed by atoms with Crippen LogP contribution in [0.2, 0.25) is 0 Å². The molecule has 8 heteroatoms. The second kappa shape index (κ2) is 9.34. The van der Waals surface area contributed by atoms with Crippen LogP contribution in [0.25, 0.3) is 0 Å². The Balaban J connectivity index is 1.47. The number of methoxy groups -OCH3 is 1. The maximum Gasteiger partial charge on any atom is 0.233 e. The van der Waals surface area contributed by atoms with Gasteiger partial charge in [-0.1, -0.05) is 6.07 Å². The zero-order valence-electron chi connectivity index (χ0n) is 15.5. The van der Waals surface area contributed by atoms with Gasteiger partial charge < -0.3 is 9.64 Å². The van der Waals surface area contributed by atoms with Crippen molar-refractivity contribution in [2.75, 3.05) is 39.0 Å². The molecule has 1 saturated heterocycles. The van der Waals surface area contributed by atoms with E-state index in [-0.39, 0.29) is 22.3 Å². The van der Waals surface area contributed by atoms with Crippen LogP contribution in [-0.4, -0.2) is 54.7 Å². The molecule has 150 valence electrons. The summed E-state index contributed by atoms with van der Waals surface area (Å²) < 4.78 is 45.6. The molecule has 0 spiro atoms. The highest BCUT2D eigenvalue weighted by molar-refractivity contribution is 8.00. The Hall–Kier alpha value is -2.19. The van der Waals surface area contributed by atoms with Crippen molar-refractivity contribution in [3.63, 3.8) is 0 Å². The van der Waals surface area contributed by atoms with Gasteiger partial charge in [0.05, 0.1) is 12.9 Å². The summed E-state index contributed by atoms with van der Waals surface area (Å²) in [5.41, 5.74) is 0.843. The maximum atomic E-state index is 13.8. The summed E-state index contributed by atoms with van der Waals surface area (Å²) in [5, 5.41) is 0. The second-order valence-electron chi connectivity index (χ2n) is 6.49. The Bertz CT molecular complexity index is 842. The fourth-order valence-corrected chi connectivity index (χ4v) is 3.90. The molecule has 2 aromatic carbocycles. The lowest BCUT2D eigenvalue weighted by Gasteiger charge is -2.34. The number of benzene rings is 2. The van der Waals surface area contributed by atoms with Crippen molar-refractivity contribution in [1.82, 2.24) is 9.80 Å². The molecule has 28 heavy (non-hydrogen) atoms. The van der Waals surface area contributed by atoms with Gasteiger partial charge in [0, 0.05) is 37.6 Å². The molecule has 1 fully saturated rings. The molecule has 1 amide bonds. The number of halogens is 3. The lowest BCUT2D eigenvalue weighted by Crippen LogP contribution is -2.48. The number of nitrogens with zero attached hydrogens (tertiary/aromatic N) is 2. The van der Waals surface area contributed by atoms with Gasteiger partial charge in [-0.05, 0) is 35.9 Å². The van der Waals surface area contributed by atoms with Gasteiger partial charge in [-0.3, -0.25) is 9.69 Å². The molecular weight excluding hydrogens is 389 g/mol. The van der Waals surface area contributed by atoms with Crippen molar-refractivity contribution in [2.45, 2.75) is 11.4 Å². The maximum absolute atomic E-state index is 13.8. The largest absolute Gasteiger partial charge is 0.494 e. The molecule has 1 heterocycles. The third-order valence-electron chi connectivity index (χ3n) is 4.59. The fraction of sp³-hybridized carbons (Fsp3) is 0.350. The van der Waals surface area contributed by atoms with E-state index >= 15 is 0 Å².